The molecule has 1 N–H and O–H groups in total. The zero-order chi connectivity index (χ0) is 6.24. The van der Waals surface area contributed by atoms with Crippen molar-refractivity contribution in [3.63, 3.8) is 0 Å². The summed E-state index contributed by atoms with van der Waals surface area (Å²) in [5.74, 6) is 0. The highest BCUT2D eigenvalue weighted by molar-refractivity contribution is 4.50. The van der Waals surface area contributed by atoms with Crippen molar-refractivity contribution in [2.75, 3.05) is 13.1 Å². The Labute approximate surface area is 52.5 Å². The van der Waals surface area contributed by atoms with Crippen LogP contribution in [-0.4, -0.2) is 13.1 Å². The number of hydrogen-bond donors (Lipinski definition) is 1. The minimum Gasteiger partial charge on any atom is -0.317 e. The normalized spacial score (nSPS) is 14.2. The molecule has 50 valence electrons. The van der Waals surface area contributed by atoms with Gasteiger partial charge >= 0.3 is 0 Å². The lowest BCUT2D eigenvalue weighted by atomic mass is 10.7. The van der Waals surface area contributed by atoms with E-state index in [0.29, 0.717) is 0 Å². The molecule has 1 nitrogen and oxygen atoms in total. The molecular weight excluding hydrogens is 98.1 g/mol. The van der Waals surface area contributed by atoms with Gasteiger partial charge in [-0.1, -0.05) is 33.1 Å². The molecule has 0 bridgehead atoms. The van der Waals surface area contributed by atoms with Crippen LogP contribution < -0.4 is 5.32 Å². The number of nitrogens with one attached hydrogen (secondary N) is 1. The average Bonchev–Trinajstić information content (AvgIpc) is 2.50. The second-order valence-corrected chi connectivity index (χ2v) is 2.02. The quantitative estimate of drug-likeness (QED) is 0.578. The van der Waals surface area contributed by atoms with E-state index in [1.54, 1.807) is 0 Å². The minimum atomic E-state index is 1.09. The summed E-state index contributed by atoms with van der Waals surface area (Å²) in [5, 5.41) is 3.11. The molecule has 0 amide bonds. The molecule has 0 spiro atoms. The predicted molar refractivity (Wildman–Crippen MR) is 38.1 cm³/mol. The van der Waals surface area contributed by atoms with Gasteiger partial charge < -0.3 is 5.32 Å². The van der Waals surface area contributed by atoms with Crippen LogP contribution in [0.25, 0.3) is 0 Å². The van der Waals surface area contributed by atoms with Crippen molar-refractivity contribution in [2.45, 2.75) is 33.1 Å². The van der Waals surface area contributed by atoms with E-state index in [-0.39, 0.29) is 0 Å². The van der Waals surface area contributed by atoms with Crippen LogP contribution in [0.4, 0.5) is 0 Å². The van der Waals surface area contributed by atoms with E-state index >= 15 is 0 Å². The van der Waals surface area contributed by atoms with Gasteiger partial charge in [-0.25, -0.2) is 0 Å². The van der Waals surface area contributed by atoms with Gasteiger partial charge in [-0.05, 0) is 13.1 Å². The standard InChI is InChI=1S/C4H11N.C3H6/c1-3-5-4-2;1-2-3-1/h5H,3-4H2,1-2H3;1-3H2. The maximum Gasteiger partial charge on any atom is -0.00775 e. The Bertz CT molecular complexity index is 28.6. The molecule has 0 radical (unpaired) electrons. The molecule has 1 rings (SSSR count). The summed E-state index contributed by atoms with van der Waals surface area (Å²) in [6.45, 7) is 6.39. The van der Waals surface area contributed by atoms with Gasteiger partial charge in [-0.3, -0.25) is 0 Å². The third kappa shape index (κ3) is 16.7. The second-order valence-electron chi connectivity index (χ2n) is 2.02. The summed E-state index contributed by atoms with van der Waals surface area (Å²) in [6, 6.07) is 0. The summed E-state index contributed by atoms with van der Waals surface area (Å²) >= 11 is 0. The van der Waals surface area contributed by atoms with Gasteiger partial charge in [0.2, 0.25) is 0 Å². The van der Waals surface area contributed by atoms with Crippen LogP contribution in [-0.2, 0) is 0 Å². The van der Waals surface area contributed by atoms with Crippen molar-refractivity contribution < 1.29 is 0 Å². The average molecular weight is 115 g/mol. The second kappa shape index (κ2) is 6.96. The van der Waals surface area contributed by atoms with Gasteiger partial charge in [0.25, 0.3) is 0 Å². The van der Waals surface area contributed by atoms with Crippen molar-refractivity contribution in [3.8, 4) is 0 Å². The van der Waals surface area contributed by atoms with Crippen LogP contribution in [0, 0.1) is 0 Å². The summed E-state index contributed by atoms with van der Waals surface area (Å²) in [4.78, 5) is 0. The van der Waals surface area contributed by atoms with Crippen LogP contribution in [0.2, 0.25) is 0 Å². The fourth-order valence-corrected chi connectivity index (χ4v) is 0.250. The summed E-state index contributed by atoms with van der Waals surface area (Å²) in [5.41, 5.74) is 0. The molecule has 1 heteroatoms. The van der Waals surface area contributed by atoms with Crippen molar-refractivity contribution in [1.29, 1.82) is 0 Å². The molecule has 1 fully saturated rings. The molecule has 0 aliphatic heterocycles. The van der Waals surface area contributed by atoms with Crippen LogP contribution in [0.15, 0.2) is 0 Å². The molecule has 0 heterocycles. The first kappa shape index (κ1) is 7.96. The topological polar surface area (TPSA) is 12.0 Å². The monoisotopic (exact) mass is 115 g/mol. The van der Waals surface area contributed by atoms with Crippen LogP contribution in [0.5, 0.6) is 0 Å². The highest BCUT2D eigenvalue weighted by Crippen LogP contribution is 2.14. The van der Waals surface area contributed by atoms with E-state index in [0.717, 1.165) is 13.1 Å². The predicted octanol–water partition coefficient (Wildman–Crippen LogP) is 1.79. The summed E-state index contributed by atoms with van der Waals surface area (Å²) < 4.78 is 0. The highest BCUT2D eigenvalue weighted by Gasteiger charge is 1.95. The molecule has 0 aromatic heterocycles. The lowest BCUT2D eigenvalue weighted by Crippen LogP contribution is -2.09. The third-order valence-electron chi connectivity index (χ3n) is 0.854. The van der Waals surface area contributed by atoms with E-state index in [2.05, 4.69) is 19.2 Å². The summed E-state index contributed by atoms with van der Waals surface area (Å²) in [7, 11) is 0. The van der Waals surface area contributed by atoms with Crippen LogP contribution in [0.3, 0.4) is 0 Å². The van der Waals surface area contributed by atoms with Gasteiger partial charge in [0.15, 0.2) is 0 Å². The fourth-order valence-electron chi connectivity index (χ4n) is 0.250. The number of hydrogen-bond acceptors (Lipinski definition) is 1. The zero-order valence-electron chi connectivity index (χ0n) is 6.04. The Morgan fingerprint density at radius 3 is 1.38 bits per heavy atom. The third-order valence-corrected chi connectivity index (χ3v) is 0.854. The molecule has 0 unspecified atom stereocenters. The van der Waals surface area contributed by atoms with Crippen molar-refractivity contribution in [2.24, 2.45) is 0 Å². The molecule has 8 heavy (non-hydrogen) atoms. The Morgan fingerprint density at radius 2 is 1.38 bits per heavy atom. The molecule has 1 aliphatic carbocycles. The number of rotatable bonds is 2. The molecule has 1 aliphatic rings. The summed E-state index contributed by atoms with van der Waals surface area (Å²) in [6.07, 6.45) is 4.50. The highest BCUT2D eigenvalue weighted by atomic mass is 14.8. The molecular formula is C7H17N. The van der Waals surface area contributed by atoms with Gasteiger partial charge in [0.1, 0.15) is 0 Å². The van der Waals surface area contributed by atoms with Gasteiger partial charge in [0.05, 0.1) is 0 Å². The first-order valence-corrected chi connectivity index (χ1v) is 3.62. The maximum absolute atomic E-state index is 3.11. The first-order valence-electron chi connectivity index (χ1n) is 3.62. The Balaban J connectivity index is 0.000000135. The van der Waals surface area contributed by atoms with E-state index < -0.39 is 0 Å². The van der Waals surface area contributed by atoms with Crippen LogP contribution in [0.1, 0.15) is 33.1 Å². The molecule has 0 aromatic carbocycles. The Hall–Kier alpha value is -0.0400. The lowest BCUT2D eigenvalue weighted by Gasteiger charge is -1.86. The molecule has 0 saturated heterocycles. The Morgan fingerprint density at radius 1 is 1.00 bits per heavy atom. The lowest BCUT2D eigenvalue weighted by molar-refractivity contribution is 0.762. The van der Waals surface area contributed by atoms with E-state index in [1.165, 1.54) is 19.3 Å². The van der Waals surface area contributed by atoms with E-state index in [9.17, 15) is 0 Å². The van der Waals surface area contributed by atoms with Gasteiger partial charge in [-0.2, -0.15) is 0 Å². The van der Waals surface area contributed by atoms with E-state index in [4.69, 9.17) is 0 Å². The first-order chi connectivity index (χ1) is 3.91. The maximum atomic E-state index is 3.11. The molecule has 0 aromatic rings. The zero-order valence-corrected chi connectivity index (χ0v) is 6.04. The minimum absolute atomic E-state index is 1.09. The van der Waals surface area contributed by atoms with Crippen molar-refractivity contribution >= 4 is 0 Å². The van der Waals surface area contributed by atoms with Gasteiger partial charge in [-0.15, -0.1) is 0 Å². The largest absolute Gasteiger partial charge is 0.317 e. The van der Waals surface area contributed by atoms with E-state index in [1.807, 2.05) is 0 Å². The van der Waals surface area contributed by atoms with Crippen LogP contribution >= 0.6 is 0 Å². The SMILES string of the molecule is C1CC1.CCNCC. The van der Waals surface area contributed by atoms with Crippen molar-refractivity contribution in [1.82, 2.24) is 5.32 Å². The van der Waals surface area contributed by atoms with Crippen molar-refractivity contribution in [3.05, 3.63) is 0 Å². The smallest absolute Gasteiger partial charge is 0.00775 e. The molecule has 0 atom stereocenters. The van der Waals surface area contributed by atoms with Gasteiger partial charge in [0, 0.05) is 0 Å². The molecule has 1 saturated carbocycles. The Kier molecular flexibility index (Phi) is 6.93. The fraction of sp³-hybridized carbons (Fsp3) is 1.00.